The molecular formula is C19H17Cl. The predicted octanol–water partition coefficient (Wildman–Crippen LogP) is 5.79. The van der Waals surface area contributed by atoms with E-state index in [9.17, 15) is 0 Å². The molecule has 100 valence electrons. The van der Waals surface area contributed by atoms with Crippen LogP contribution in [0.3, 0.4) is 0 Å². The van der Waals surface area contributed by atoms with E-state index in [1.54, 1.807) is 5.57 Å². The van der Waals surface area contributed by atoms with Crippen molar-refractivity contribution >= 4 is 27.9 Å². The van der Waals surface area contributed by atoms with Crippen LogP contribution in [-0.4, -0.2) is 0 Å². The largest absolute Gasteiger partial charge is 0.0843 e. The van der Waals surface area contributed by atoms with Crippen LogP contribution < -0.4 is 0 Å². The lowest BCUT2D eigenvalue weighted by Crippen LogP contribution is -2.12. The molecule has 0 amide bonds. The van der Waals surface area contributed by atoms with Gasteiger partial charge in [0.15, 0.2) is 0 Å². The van der Waals surface area contributed by atoms with E-state index in [2.05, 4.69) is 43.3 Å². The average Bonchev–Trinajstić information content (AvgIpc) is 2.46. The van der Waals surface area contributed by atoms with Gasteiger partial charge in [-0.05, 0) is 64.8 Å². The topological polar surface area (TPSA) is 0 Å². The Morgan fingerprint density at radius 1 is 1.10 bits per heavy atom. The van der Waals surface area contributed by atoms with Gasteiger partial charge in [-0.25, -0.2) is 0 Å². The molecule has 0 N–H and O–H groups in total. The maximum Gasteiger partial charge on any atom is 0.0412 e. The highest BCUT2D eigenvalue weighted by Crippen LogP contribution is 2.42. The van der Waals surface area contributed by atoms with Gasteiger partial charge < -0.3 is 0 Å². The van der Waals surface area contributed by atoms with E-state index in [0.29, 0.717) is 5.92 Å². The summed E-state index contributed by atoms with van der Waals surface area (Å²) in [6.45, 7) is 2.35. The number of hydrogen-bond donors (Lipinski definition) is 0. The van der Waals surface area contributed by atoms with E-state index in [1.165, 1.54) is 40.3 Å². The van der Waals surface area contributed by atoms with Crippen molar-refractivity contribution in [3.63, 3.8) is 0 Å². The molecule has 0 spiro atoms. The summed E-state index contributed by atoms with van der Waals surface area (Å²) in [6.07, 6.45) is 8.21. The van der Waals surface area contributed by atoms with Gasteiger partial charge in [-0.2, -0.15) is 0 Å². The van der Waals surface area contributed by atoms with Gasteiger partial charge >= 0.3 is 0 Å². The molecule has 1 atom stereocenters. The number of halogens is 1. The van der Waals surface area contributed by atoms with Crippen molar-refractivity contribution < 1.29 is 0 Å². The first-order chi connectivity index (χ1) is 9.74. The fraction of sp³-hybridized carbons (Fsp3) is 0.263. The third-order valence-corrected chi connectivity index (χ3v) is 4.98. The van der Waals surface area contributed by atoms with Gasteiger partial charge in [0.25, 0.3) is 0 Å². The van der Waals surface area contributed by atoms with Gasteiger partial charge in [-0.1, -0.05) is 54.4 Å². The van der Waals surface area contributed by atoms with Gasteiger partial charge in [0.05, 0.1) is 0 Å². The summed E-state index contributed by atoms with van der Waals surface area (Å²) in [5, 5.41) is 3.44. The Morgan fingerprint density at radius 3 is 2.90 bits per heavy atom. The highest BCUT2D eigenvalue weighted by Gasteiger charge is 2.24. The van der Waals surface area contributed by atoms with Crippen LogP contribution in [0.5, 0.6) is 0 Å². The Labute approximate surface area is 124 Å². The summed E-state index contributed by atoms with van der Waals surface area (Å²) >= 11 is 6.11. The molecule has 0 aliphatic heterocycles. The van der Waals surface area contributed by atoms with Crippen LogP contribution in [0.25, 0.3) is 16.3 Å². The first-order valence-electron chi connectivity index (χ1n) is 7.35. The number of benzene rings is 2. The van der Waals surface area contributed by atoms with Gasteiger partial charge in [0.1, 0.15) is 0 Å². The summed E-state index contributed by atoms with van der Waals surface area (Å²) < 4.78 is 0. The van der Waals surface area contributed by atoms with Crippen LogP contribution in [0, 0.1) is 5.92 Å². The molecule has 2 aromatic carbocycles. The molecule has 1 unspecified atom stereocenters. The zero-order valence-electron chi connectivity index (χ0n) is 11.6. The molecule has 0 nitrogen and oxygen atoms in total. The Bertz CT molecular complexity index is 765. The van der Waals surface area contributed by atoms with E-state index in [4.69, 9.17) is 11.6 Å². The quantitative estimate of drug-likeness (QED) is 0.573. The third kappa shape index (κ3) is 1.75. The Balaban J connectivity index is 1.99. The van der Waals surface area contributed by atoms with Gasteiger partial charge in [0, 0.05) is 5.02 Å². The predicted molar refractivity (Wildman–Crippen MR) is 87.1 cm³/mol. The maximum atomic E-state index is 6.11. The Morgan fingerprint density at radius 2 is 2.00 bits per heavy atom. The molecule has 0 saturated carbocycles. The van der Waals surface area contributed by atoms with E-state index in [1.807, 2.05) is 6.07 Å². The van der Waals surface area contributed by atoms with Crippen LogP contribution in [0.1, 0.15) is 30.9 Å². The zero-order chi connectivity index (χ0) is 13.7. The second-order valence-corrected chi connectivity index (χ2v) is 6.37. The fourth-order valence-corrected chi connectivity index (χ4v) is 3.88. The van der Waals surface area contributed by atoms with Crippen LogP contribution >= 0.6 is 11.6 Å². The zero-order valence-corrected chi connectivity index (χ0v) is 12.4. The molecule has 0 bridgehead atoms. The lowest BCUT2D eigenvalue weighted by molar-refractivity contribution is 0.645. The van der Waals surface area contributed by atoms with Crippen LogP contribution in [0.15, 0.2) is 48.1 Å². The summed E-state index contributed by atoms with van der Waals surface area (Å²) in [6, 6.07) is 10.7. The van der Waals surface area contributed by atoms with Crippen molar-refractivity contribution in [1.82, 2.24) is 0 Å². The number of allylic oxidation sites excluding steroid dienone is 4. The smallest absolute Gasteiger partial charge is 0.0412 e. The summed E-state index contributed by atoms with van der Waals surface area (Å²) in [4.78, 5) is 0. The van der Waals surface area contributed by atoms with E-state index in [-0.39, 0.29) is 0 Å². The lowest BCUT2D eigenvalue weighted by atomic mass is 9.76. The van der Waals surface area contributed by atoms with Crippen LogP contribution in [0.2, 0.25) is 5.02 Å². The molecule has 0 fully saturated rings. The molecular weight excluding hydrogens is 264 g/mol. The number of rotatable bonds is 0. The van der Waals surface area contributed by atoms with Crippen molar-refractivity contribution in [1.29, 1.82) is 0 Å². The van der Waals surface area contributed by atoms with Gasteiger partial charge in [-0.15, -0.1) is 0 Å². The van der Waals surface area contributed by atoms with E-state index < -0.39 is 0 Å². The molecule has 0 heterocycles. The molecule has 1 heteroatoms. The summed E-state index contributed by atoms with van der Waals surface area (Å²) in [7, 11) is 0. The molecule has 2 aromatic rings. The average molecular weight is 281 g/mol. The lowest BCUT2D eigenvalue weighted by Gasteiger charge is -2.29. The number of hydrogen-bond acceptors (Lipinski definition) is 0. The van der Waals surface area contributed by atoms with Crippen LogP contribution in [-0.2, 0) is 6.42 Å². The normalized spacial score (nSPS) is 21.0. The monoisotopic (exact) mass is 280 g/mol. The van der Waals surface area contributed by atoms with Crippen LogP contribution in [0.4, 0.5) is 0 Å². The first kappa shape index (κ1) is 12.2. The summed E-state index contributed by atoms with van der Waals surface area (Å²) in [5.41, 5.74) is 6.05. The summed E-state index contributed by atoms with van der Waals surface area (Å²) in [5.74, 6) is 0.698. The standard InChI is InChI=1S/C19H17Cl/c1-12-3-2-4-17-15(12)9-10-18-16-8-6-14(20)11-13(16)5-7-19(17)18/h2,4-8,11-12H,3,9-10H2,1H3. The molecule has 20 heavy (non-hydrogen) atoms. The minimum absolute atomic E-state index is 0.698. The molecule has 4 rings (SSSR count). The Hall–Kier alpha value is -1.53. The second kappa shape index (κ2) is 4.49. The highest BCUT2D eigenvalue weighted by molar-refractivity contribution is 6.31. The molecule has 2 aliphatic carbocycles. The van der Waals surface area contributed by atoms with Crippen molar-refractivity contribution in [2.24, 2.45) is 5.92 Å². The van der Waals surface area contributed by atoms with Crippen molar-refractivity contribution in [2.45, 2.75) is 26.2 Å². The van der Waals surface area contributed by atoms with Gasteiger partial charge in [0.2, 0.25) is 0 Å². The minimum Gasteiger partial charge on any atom is -0.0843 e. The number of aryl methyl sites for hydroxylation is 1. The SMILES string of the molecule is CC1CC=CC2=C1CCc1c2ccc2cc(Cl)ccc12. The highest BCUT2D eigenvalue weighted by atomic mass is 35.5. The molecule has 2 aliphatic rings. The molecule has 0 radical (unpaired) electrons. The molecule has 0 saturated heterocycles. The maximum absolute atomic E-state index is 6.11. The second-order valence-electron chi connectivity index (χ2n) is 5.94. The van der Waals surface area contributed by atoms with Crippen molar-refractivity contribution in [2.75, 3.05) is 0 Å². The molecule has 0 aromatic heterocycles. The number of fused-ring (bicyclic) bond motifs is 4. The van der Waals surface area contributed by atoms with Crippen molar-refractivity contribution in [3.05, 3.63) is 64.2 Å². The first-order valence-corrected chi connectivity index (χ1v) is 7.73. The minimum atomic E-state index is 0.698. The van der Waals surface area contributed by atoms with Gasteiger partial charge in [-0.3, -0.25) is 0 Å². The van der Waals surface area contributed by atoms with Crippen molar-refractivity contribution in [3.8, 4) is 0 Å². The fourth-order valence-electron chi connectivity index (χ4n) is 3.70. The van der Waals surface area contributed by atoms with E-state index in [0.717, 1.165) is 11.4 Å². The third-order valence-electron chi connectivity index (χ3n) is 4.74. The Kier molecular flexibility index (Phi) is 2.75. The van der Waals surface area contributed by atoms with E-state index >= 15 is 0 Å².